The highest BCUT2D eigenvalue weighted by molar-refractivity contribution is 7.13. The van der Waals surface area contributed by atoms with Crippen LogP contribution in [0.25, 0.3) is 0 Å². The fraction of sp³-hybridized carbons (Fsp3) is 0.583. The number of rotatable bonds is 1. The van der Waals surface area contributed by atoms with E-state index in [4.69, 9.17) is 0 Å². The number of nitrogens with zero attached hydrogens (tertiary/aromatic N) is 1. The van der Waals surface area contributed by atoms with Gasteiger partial charge in [-0.3, -0.25) is 4.79 Å². The lowest BCUT2D eigenvalue weighted by atomic mass is 9.99. The van der Waals surface area contributed by atoms with Crippen molar-refractivity contribution in [2.24, 2.45) is 5.92 Å². The Morgan fingerprint density at radius 1 is 1.40 bits per heavy atom. The molecule has 0 saturated carbocycles. The maximum Gasteiger partial charge on any atom is 0.263 e. The van der Waals surface area contributed by atoms with E-state index in [1.54, 1.807) is 11.3 Å². The first kappa shape index (κ1) is 10.7. The summed E-state index contributed by atoms with van der Waals surface area (Å²) in [7, 11) is 0. The summed E-state index contributed by atoms with van der Waals surface area (Å²) in [6.45, 7) is 6.16. The monoisotopic (exact) mass is 223 g/mol. The molecule has 1 saturated heterocycles. The maximum atomic E-state index is 12.1. The molecular formula is C12H17NOS. The minimum Gasteiger partial charge on any atom is -0.338 e. The Balaban J connectivity index is 2.02. The van der Waals surface area contributed by atoms with E-state index in [0.29, 0.717) is 0 Å². The van der Waals surface area contributed by atoms with Crippen LogP contribution in [-0.2, 0) is 0 Å². The summed E-state index contributed by atoms with van der Waals surface area (Å²) in [4.78, 5) is 16.1. The van der Waals surface area contributed by atoms with Crippen molar-refractivity contribution in [3.05, 3.63) is 21.9 Å². The van der Waals surface area contributed by atoms with Crippen LogP contribution < -0.4 is 0 Å². The minimum atomic E-state index is 0.222. The van der Waals surface area contributed by atoms with Crippen LogP contribution in [0.5, 0.6) is 0 Å². The zero-order valence-corrected chi connectivity index (χ0v) is 10.1. The van der Waals surface area contributed by atoms with Crippen molar-refractivity contribution in [1.82, 2.24) is 4.90 Å². The molecule has 0 bridgehead atoms. The van der Waals surface area contributed by atoms with Gasteiger partial charge in [-0.25, -0.2) is 0 Å². The van der Waals surface area contributed by atoms with E-state index in [-0.39, 0.29) is 5.91 Å². The first-order chi connectivity index (χ1) is 7.16. The van der Waals surface area contributed by atoms with Gasteiger partial charge >= 0.3 is 0 Å². The fourth-order valence-corrected chi connectivity index (χ4v) is 2.75. The molecule has 2 rings (SSSR count). The Morgan fingerprint density at radius 2 is 2.07 bits per heavy atom. The van der Waals surface area contributed by atoms with Gasteiger partial charge in [-0.2, -0.15) is 0 Å². The second-order valence-corrected chi connectivity index (χ2v) is 5.67. The molecule has 1 amide bonds. The van der Waals surface area contributed by atoms with Gasteiger partial charge in [0.05, 0.1) is 4.88 Å². The Hall–Kier alpha value is -0.830. The van der Waals surface area contributed by atoms with Gasteiger partial charge in [-0.05, 0) is 37.8 Å². The van der Waals surface area contributed by atoms with Gasteiger partial charge < -0.3 is 4.90 Å². The third-order valence-corrected chi connectivity index (χ3v) is 4.01. The first-order valence-electron chi connectivity index (χ1n) is 5.52. The third-order valence-electron chi connectivity index (χ3n) is 3.02. The van der Waals surface area contributed by atoms with Gasteiger partial charge in [0.1, 0.15) is 0 Å². The zero-order chi connectivity index (χ0) is 10.8. The van der Waals surface area contributed by atoms with Crippen molar-refractivity contribution in [2.45, 2.75) is 26.7 Å². The van der Waals surface area contributed by atoms with Crippen molar-refractivity contribution >= 4 is 17.2 Å². The van der Waals surface area contributed by atoms with Crippen molar-refractivity contribution in [2.75, 3.05) is 13.1 Å². The molecule has 0 unspecified atom stereocenters. The molecule has 0 radical (unpaired) electrons. The van der Waals surface area contributed by atoms with Gasteiger partial charge in [0.2, 0.25) is 0 Å². The van der Waals surface area contributed by atoms with Gasteiger partial charge in [0, 0.05) is 18.0 Å². The molecule has 82 valence electrons. The Kier molecular flexibility index (Phi) is 3.10. The second-order valence-electron chi connectivity index (χ2n) is 4.39. The van der Waals surface area contributed by atoms with Crippen LogP contribution in [0.1, 0.15) is 34.3 Å². The van der Waals surface area contributed by atoms with Gasteiger partial charge in [0.15, 0.2) is 0 Å². The molecule has 0 spiro atoms. The highest BCUT2D eigenvalue weighted by Crippen LogP contribution is 2.21. The Bertz CT molecular complexity index is 350. The quantitative estimate of drug-likeness (QED) is 0.717. The summed E-state index contributed by atoms with van der Waals surface area (Å²) in [5.41, 5.74) is 0. The van der Waals surface area contributed by atoms with Crippen LogP contribution in [-0.4, -0.2) is 23.9 Å². The molecule has 1 fully saturated rings. The van der Waals surface area contributed by atoms with Gasteiger partial charge in [-0.1, -0.05) is 6.92 Å². The van der Waals surface area contributed by atoms with Crippen LogP contribution in [0.3, 0.4) is 0 Å². The summed E-state index contributed by atoms with van der Waals surface area (Å²) in [6.07, 6.45) is 2.30. The third kappa shape index (κ3) is 2.40. The van der Waals surface area contributed by atoms with E-state index < -0.39 is 0 Å². The van der Waals surface area contributed by atoms with Crippen LogP contribution in [0.2, 0.25) is 0 Å². The Labute approximate surface area is 94.9 Å². The van der Waals surface area contributed by atoms with Crippen molar-refractivity contribution in [3.8, 4) is 0 Å². The van der Waals surface area contributed by atoms with Crippen LogP contribution in [0.4, 0.5) is 0 Å². The summed E-state index contributed by atoms with van der Waals surface area (Å²) in [5.74, 6) is 0.999. The lowest BCUT2D eigenvalue weighted by Crippen LogP contribution is -2.37. The highest BCUT2D eigenvalue weighted by atomic mass is 32.1. The molecule has 0 N–H and O–H groups in total. The van der Waals surface area contributed by atoms with E-state index in [0.717, 1.165) is 36.7 Å². The molecule has 2 heterocycles. The van der Waals surface area contributed by atoms with E-state index >= 15 is 0 Å². The van der Waals surface area contributed by atoms with Gasteiger partial charge in [0.25, 0.3) is 5.91 Å². The molecule has 1 aromatic rings. The standard InChI is InChI=1S/C12H17NOS/c1-9-5-7-13(8-6-9)12(14)11-4-3-10(2)15-11/h3-4,9H,5-8H2,1-2H3. The summed E-state index contributed by atoms with van der Waals surface area (Å²) < 4.78 is 0. The number of aryl methyl sites for hydroxylation is 1. The predicted octanol–water partition coefficient (Wildman–Crippen LogP) is 2.93. The van der Waals surface area contributed by atoms with Gasteiger partial charge in [-0.15, -0.1) is 11.3 Å². The fourth-order valence-electron chi connectivity index (χ4n) is 1.92. The topological polar surface area (TPSA) is 20.3 Å². The average Bonchev–Trinajstić information content (AvgIpc) is 2.65. The number of carbonyl (C=O) groups excluding carboxylic acids is 1. The van der Waals surface area contributed by atoms with Crippen molar-refractivity contribution < 1.29 is 4.79 Å². The molecule has 0 aromatic carbocycles. The molecule has 15 heavy (non-hydrogen) atoms. The molecule has 1 aromatic heterocycles. The predicted molar refractivity (Wildman–Crippen MR) is 63.4 cm³/mol. The minimum absolute atomic E-state index is 0.222. The van der Waals surface area contributed by atoms with Crippen LogP contribution in [0.15, 0.2) is 12.1 Å². The summed E-state index contributed by atoms with van der Waals surface area (Å²) in [6, 6.07) is 3.96. The number of hydrogen-bond donors (Lipinski definition) is 0. The number of thiophene rings is 1. The molecule has 0 aliphatic carbocycles. The van der Waals surface area contributed by atoms with E-state index in [2.05, 4.69) is 6.92 Å². The number of hydrogen-bond acceptors (Lipinski definition) is 2. The van der Waals surface area contributed by atoms with Crippen LogP contribution in [0, 0.1) is 12.8 Å². The number of carbonyl (C=O) groups is 1. The smallest absolute Gasteiger partial charge is 0.263 e. The first-order valence-corrected chi connectivity index (χ1v) is 6.34. The van der Waals surface area contributed by atoms with E-state index in [1.165, 1.54) is 4.88 Å². The SMILES string of the molecule is Cc1ccc(C(=O)N2CCC(C)CC2)s1. The van der Waals surface area contributed by atoms with Crippen LogP contribution >= 0.6 is 11.3 Å². The van der Waals surface area contributed by atoms with E-state index in [1.807, 2.05) is 24.0 Å². The number of likely N-dealkylation sites (tertiary alicyclic amines) is 1. The number of amides is 1. The highest BCUT2D eigenvalue weighted by Gasteiger charge is 2.21. The lowest BCUT2D eigenvalue weighted by molar-refractivity contribution is 0.0702. The molecule has 1 aliphatic rings. The zero-order valence-electron chi connectivity index (χ0n) is 9.32. The van der Waals surface area contributed by atoms with Crippen molar-refractivity contribution in [1.29, 1.82) is 0 Å². The van der Waals surface area contributed by atoms with Crippen molar-refractivity contribution in [3.63, 3.8) is 0 Å². The largest absolute Gasteiger partial charge is 0.338 e. The maximum absolute atomic E-state index is 12.1. The Morgan fingerprint density at radius 3 is 2.60 bits per heavy atom. The average molecular weight is 223 g/mol. The molecule has 2 nitrogen and oxygen atoms in total. The lowest BCUT2D eigenvalue weighted by Gasteiger charge is -2.29. The molecule has 0 atom stereocenters. The second kappa shape index (κ2) is 4.35. The van der Waals surface area contributed by atoms with E-state index in [9.17, 15) is 4.79 Å². The normalized spacial score (nSPS) is 18.1. The summed E-state index contributed by atoms with van der Waals surface area (Å²) >= 11 is 1.60. The molecule has 1 aliphatic heterocycles. The molecule has 3 heteroatoms. The number of piperidine rings is 1. The summed E-state index contributed by atoms with van der Waals surface area (Å²) in [5, 5.41) is 0. The molecular weight excluding hydrogens is 206 g/mol.